The van der Waals surface area contributed by atoms with Crippen molar-refractivity contribution in [1.82, 2.24) is 15.5 Å². The highest BCUT2D eigenvalue weighted by atomic mass is 32.1. The molecule has 1 aliphatic heterocycles. The van der Waals surface area contributed by atoms with Crippen LogP contribution in [0.4, 0.5) is 0 Å². The SMILES string of the molecule is CC(NC(=O)c1cccs1)C(=O)NCCCN1CCCC1=O. The smallest absolute Gasteiger partial charge is 0.261 e. The fourth-order valence-electron chi connectivity index (χ4n) is 2.32. The summed E-state index contributed by atoms with van der Waals surface area (Å²) in [5.41, 5.74) is 0. The first-order valence-electron chi connectivity index (χ1n) is 7.48. The molecule has 22 heavy (non-hydrogen) atoms. The summed E-state index contributed by atoms with van der Waals surface area (Å²) < 4.78 is 0. The van der Waals surface area contributed by atoms with Crippen LogP contribution in [0, 0.1) is 0 Å². The Labute approximate surface area is 133 Å². The maximum absolute atomic E-state index is 11.9. The van der Waals surface area contributed by atoms with E-state index in [0.29, 0.717) is 24.4 Å². The van der Waals surface area contributed by atoms with E-state index in [1.165, 1.54) is 11.3 Å². The van der Waals surface area contributed by atoms with Gasteiger partial charge in [0.1, 0.15) is 6.04 Å². The first-order valence-corrected chi connectivity index (χ1v) is 8.36. The van der Waals surface area contributed by atoms with E-state index in [1.54, 1.807) is 19.1 Å². The summed E-state index contributed by atoms with van der Waals surface area (Å²) in [7, 11) is 0. The van der Waals surface area contributed by atoms with Crippen LogP contribution in [0.15, 0.2) is 17.5 Å². The molecule has 0 aliphatic carbocycles. The van der Waals surface area contributed by atoms with E-state index in [0.717, 1.165) is 19.4 Å². The van der Waals surface area contributed by atoms with E-state index in [-0.39, 0.29) is 17.7 Å². The van der Waals surface area contributed by atoms with Crippen molar-refractivity contribution in [3.05, 3.63) is 22.4 Å². The fraction of sp³-hybridized carbons (Fsp3) is 0.533. The van der Waals surface area contributed by atoms with Gasteiger partial charge >= 0.3 is 0 Å². The Hall–Kier alpha value is -1.89. The van der Waals surface area contributed by atoms with Crippen molar-refractivity contribution in [2.24, 2.45) is 0 Å². The lowest BCUT2D eigenvalue weighted by Gasteiger charge is -2.16. The van der Waals surface area contributed by atoms with Crippen LogP contribution in [0.1, 0.15) is 35.9 Å². The van der Waals surface area contributed by atoms with Gasteiger partial charge in [0, 0.05) is 26.1 Å². The highest BCUT2D eigenvalue weighted by molar-refractivity contribution is 7.12. The number of hydrogen-bond acceptors (Lipinski definition) is 4. The van der Waals surface area contributed by atoms with Gasteiger partial charge in [0.05, 0.1) is 4.88 Å². The average molecular weight is 323 g/mol. The van der Waals surface area contributed by atoms with Crippen LogP contribution < -0.4 is 10.6 Å². The summed E-state index contributed by atoms with van der Waals surface area (Å²) in [6, 6.07) is 2.93. The maximum Gasteiger partial charge on any atom is 0.261 e. The quantitative estimate of drug-likeness (QED) is 0.735. The second kappa shape index (κ2) is 7.93. The Morgan fingerprint density at radius 2 is 2.27 bits per heavy atom. The number of carbonyl (C=O) groups excluding carboxylic acids is 3. The minimum Gasteiger partial charge on any atom is -0.354 e. The predicted molar refractivity (Wildman–Crippen MR) is 84.7 cm³/mol. The molecule has 2 heterocycles. The predicted octanol–water partition coefficient (Wildman–Crippen LogP) is 0.995. The second-order valence-corrected chi connectivity index (χ2v) is 6.25. The number of likely N-dealkylation sites (tertiary alicyclic amines) is 1. The van der Waals surface area contributed by atoms with Crippen LogP contribution in [0.3, 0.4) is 0 Å². The fourth-order valence-corrected chi connectivity index (χ4v) is 2.94. The third kappa shape index (κ3) is 4.56. The molecule has 0 aromatic carbocycles. The van der Waals surface area contributed by atoms with E-state index in [1.807, 2.05) is 10.3 Å². The van der Waals surface area contributed by atoms with E-state index < -0.39 is 6.04 Å². The van der Waals surface area contributed by atoms with Crippen LogP contribution in [0.25, 0.3) is 0 Å². The number of carbonyl (C=O) groups is 3. The zero-order valence-electron chi connectivity index (χ0n) is 12.6. The lowest BCUT2D eigenvalue weighted by Crippen LogP contribution is -2.45. The van der Waals surface area contributed by atoms with Gasteiger partial charge in [-0.25, -0.2) is 0 Å². The van der Waals surface area contributed by atoms with Gasteiger partial charge in [-0.1, -0.05) is 6.07 Å². The van der Waals surface area contributed by atoms with E-state index in [9.17, 15) is 14.4 Å². The van der Waals surface area contributed by atoms with Crippen LogP contribution >= 0.6 is 11.3 Å². The van der Waals surface area contributed by atoms with Gasteiger partial charge in [-0.2, -0.15) is 0 Å². The number of amides is 3. The number of hydrogen-bond donors (Lipinski definition) is 2. The highest BCUT2D eigenvalue weighted by Gasteiger charge is 2.20. The molecule has 1 unspecified atom stereocenters. The normalized spacial score (nSPS) is 15.7. The van der Waals surface area contributed by atoms with Crippen molar-refractivity contribution in [2.45, 2.75) is 32.2 Å². The van der Waals surface area contributed by atoms with Crippen LogP contribution in [0.2, 0.25) is 0 Å². The standard InChI is InChI=1S/C15H21N3O3S/c1-11(17-15(21)12-5-3-10-22-12)14(20)16-7-4-9-18-8-2-6-13(18)19/h3,5,10-11H,2,4,6-9H2,1H3,(H,16,20)(H,17,21). The molecular weight excluding hydrogens is 302 g/mol. The Kier molecular flexibility index (Phi) is 5.94. The van der Waals surface area contributed by atoms with Crippen LogP contribution in [0.5, 0.6) is 0 Å². The van der Waals surface area contributed by atoms with Crippen molar-refractivity contribution in [3.63, 3.8) is 0 Å². The van der Waals surface area contributed by atoms with Gasteiger partial charge in [-0.05, 0) is 31.2 Å². The maximum atomic E-state index is 11.9. The molecule has 120 valence electrons. The molecule has 2 N–H and O–H groups in total. The lowest BCUT2D eigenvalue weighted by molar-refractivity contribution is -0.127. The Morgan fingerprint density at radius 3 is 2.91 bits per heavy atom. The van der Waals surface area contributed by atoms with E-state index in [2.05, 4.69) is 10.6 Å². The van der Waals surface area contributed by atoms with Crippen LogP contribution in [-0.2, 0) is 9.59 Å². The average Bonchev–Trinajstić information content (AvgIpc) is 3.15. The molecular formula is C15H21N3O3S. The minimum absolute atomic E-state index is 0.197. The molecule has 0 radical (unpaired) electrons. The van der Waals surface area contributed by atoms with Gasteiger partial charge in [0.15, 0.2) is 0 Å². The van der Waals surface area contributed by atoms with Gasteiger partial charge in [-0.3, -0.25) is 14.4 Å². The molecule has 1 saturated heterocycles. The Morgan fingerprint density at radius 1 is 1.45 bits per heavy atom. The number of nitrogens with one attached hydrogen (secondary N) is 2. The molecule has 0 bridgehead atoms. The van der Waals surface area contributed by atoms with E-state index >= 15 is 0 Å². The summed E-state index contributed by atoms with van der Waals surface area (Å²) >= 11 is 1.34. The largest absolute Gasteiger partial charge is 0.354 e. The monoisotopic (exact) mass is 323 g/mol. The molecule has 1 aromatic rings. The topological polar surface area (TPSA) is 78.5 Å². The molecule has 1 atom stereocenters. The third-order valence-electron chi connectivity index (χ3n) is 3.56. The van der Waals surface area contributed by atoms with Gasteiger partial charge in [0.2, 0.25) is 11.8 Å². The molecule has 1 aromatic heterocycles. The second-order valence-electron chi connectivity index (χ2n) is 5.30. The van der Waals surface area contributed by atoms with Crippen LogP contribution in [-0.4, -0.2) is 48.3 Å². The summed E-state index contributed by atoms with van der Waals surface area (Å²) in [6.45, 7) is 3.65. The molecule has 2 rings (SSSR count). The van der Waals surface area contributed by atoms with E-state index in [4.69, 9.17) is 0 Å². The molecule has 0 spiro atoms. The number of rotatable bonds is 7. The van der Waals surface area contributed by atoms with Gasteiger partial charge in [0.25, 0.3) is 5.91 Å². The summed E-state index contributed by atoms with van der Waals surface area (Å²) in [4.78, 5) is 37.6. The number of nitrogens with zero attached hydrogens (tertiary/aromatic N) is 1. The summed E-state index contributed by atoms with van der Waals surface area (Å²) in [5, 5.41) is 7.27. The third-order valence-corrected chi connectivity index (χ3v) is 4.43. The molecule has 1 fully saturated rings. The first-order chi connectivity index (χ1) is 10.6. The Bertz CT molecular complexity index is 530. The zero-order chi connectivity index (χ0) is 15.9. The van der Waals surface area contributed by atoms with Crippen molar-refractivity contribution < 1.29 is 14.4 Å². The van der Waals surface area contributed by atoms with Crippen molar-refractivity contribution in [3.8, 4) is 0 Å². The molecule has 0 saturated carbocycles. The Balaban J connectivity index is 1.64. The zero-order valence-corrected chi connectivity index (χ0v) is 13.4. The first kappa shape index (κ1) is 16.5. The molecule has 6 nitrogen and oxygen atoms in total. The number of thiophene rings is 1. The van der Waals surface area contributed by atoms with Crippen molar-refractivity contribution in [2.75, 3.05) is 19.6 Å². The molecule has 3 amide bonds. The lowest BCUT2D eigenvalue weighted by atomic mass is 10.3. The minimum atomic E-state index is -0.581. The summed E-state index contributed by atoms with van der Waals surface area (Å²) in [6.07, 6.45) is 2.29. The molecule has 1 aliphatic rings. The summed E-state index contributed by atoms with van der Waals surface area (Å²) in [5.74, 6) is -0.249. The molecule has 7 heteroatoms. The van der Waals surface area contributed by atoms with Gasteiger partial charge in [-0.15, -0.1) is 11.3 Å². The van der Waals surface area contributed by atoms with Crippen molar-refractivity contribution >= 4 is 29.1 Å². The highest BCUT2D eigenvalue weighted by Crippen LogP contribution is 2.09. The van der Waals surface area contributed by atoms with Crippen molar-refractivity contribution in [1.29, 1.82) is 0 Å². The van der Waals surface area contributed by atoms with Gasteiger partial charge < -0.3 is 15.5 Å².